The number of hydrogen-bond acceptors (Lipinski definition) is 3. The predicted molar refractivity (Wildman–Crippen MR) is 320 cm³/mol. The lowest BCUT2D eigenvalue weighted by Crippen LogP contribution is -2.30. The molecule has 3 heterocycles. The molecule has 0 unspecified atom stereocenters. The van der Waals surface area contributed by atoms with Crippen LogP contribution in [0.5, 0.6) is 0 Å². The molecule has 0 saturated heterocycles. The lowest BCUT2D eigenvalue weighted by Gasteiger charge is -2.42. The third-order valence-electron chi connectivity index (χ3n) is 16.3. The molecule has 1 aromatic heterocycles. The zero-order valence-electron chi connectivity index (χ0n) is 43.2. The Morgan fingerprint density at radius 3 is 1.04 bits per heavy atom. The van der Waals surface area contributed by atoms with Gasteiger partial charge in [0, 0.05) is 55.7 Å². The highest BCUT2D eigenvalue weighted by Crippen LogP contribution is 2.54. The predicted octanol–water partition coefficient (Wildman–Crippen LogP) is 19.8. The Hall–Kier alpha value is -9.38. The van der Waals surface area contributed by atoms with Crippen LogP contribution in [0.3, 0.4) is 0 Å². The van der Waals surface area contributed by atoms with E-state index in [2.05, 4.69) is 314 Å². The monoisotopic (exact) mass is 976 g/mol. The quantitative estimate of drug-likeness (QED) is 0.151. The first-order chi connectivity index (χ1) is 37.2. The van der Waals surface area contributed by atoms with Crippen LogP contribution in [0.1, 0.15) is 49.9 Å². The van der Waals surface area contributed by atoms with Crippen LogP contribution in [0, 0.1) is 0 Å². The Balaban J connectivity index is 0.938. The van der Waals surface area contributed by atoms with Gasteiger partial charge in [0.15, 0.2) is 0 Å². The van der Waals surface area contributed by atoms with E-state index < -0.39 is 0 Å². The lowest BCUT2D eigenvalue weighted by molar-refractivity contribution is 0.632. The first-order valence-electron chi connectivity index (χ1n) is 26.5. The van der Waals surface area contributed by atoms with Crippen LogP contribution in [-0.4, -0.2) is 4.57 Å². The number of para-hydroxylation sites is 6. The molecule has 12 aromatic rings. The van der Waals surface area contributed by atoms with Crippen LogP contribution in [0.15, 0.2) is 267 Å². The number of anilines is 9. The Kier molecular flexibility index (Phi) is 10.5. The van der Waals surface area contributed by atoms with Crippen LogP contribution in [-0.2, 0) is 10.8 Å². The zero-order chi connectivity index (χ0) is 51.1. The smallest absolute Gasteiger partial charge is 0.0541 e. The molecule has 0 aliphatic carbocycles. The summed E-state index contributed by atoms with van der Waals surface area (Å²) in [6.45, 7) is 9.38. The van der Waals surface area contributed by atoms with Crippen molar-refractivity contribution in [1.82, 2.24) is 4.57 Å². The van der Waals surface area contributed by atoms with E-state index in [0.29, 0.717) is 0 Å². The fourth-order valence-corrected chi connectivity index (χ4v) is 12.6. The molecule has 364 valence electrons. The summed E-state index contributed by atoms with van der Waals surface area (Å²) in [4.78, 5) is 7.24. The molecule has 0 amide bonds. The molecule has 14 rings (SSSR count). The molecule has 11 aromatic carbocycles. The second-order valence-electron chi connectivity index (χ2n) is 21.4. The van der Waals surface area contributed by atoms with Gasteiger partial charge in [-0.3, -0.25) is 0 Å². The molecule has 0 fully saturated rings. The Bertz CT molecular complexity index is 3860. The van der Waals surface area contributed by atoms with Gasteiger partial charge in [-0.25, -0.2) is 0 Å². The van der Waals surface area contributed by atoms with Gasteiger partial charge in [0.1, 0.15) is 0 Å². The molecule has 0 spiro atoms. The molecule has 0 atom stereocenters. The lowest BCUT2D eigenvalue weighted by atomic mass is 9.73. The van der Waals surface area contributed by atoms with Gasteiger partial charge in [0.2, 0.25) is 0 Å². The molecule has 4 nitrogen and oxygen atoms in total. The number of nitrogens with zero attached hydrogens (tertiary/aromatic N) is 4. The van der Waals surface area contributed by atoms with Crippen molar-refractivity contribution in [2.75, 3.05) is 14.7 Å². The Labute approximate surface area is 445 Å². The first-order valence-corrected chi connectivity index (χ1v) is 26.5. The van der Waals surface area contributed by atoms with E-state index in [9.17, 15) is 0 Å². The van der Waals surface area contributed by atoms with Gasteiger partial charge >= 0.3 is 0 Å². The van der Waals surface area contributed by atoms with Crippen molar-refractivity contribution in [1.29, 1.82) is 0 Å². The van der Waals surface area contributed by atoms with E-state index >= 15 is 0 Å². The second-order valence-corrected chi connectivity index (χ2v) is 21.4. The van der Waals surface area contributed by atoms with Gasteiger partial charge in [-0.1, -0.05) is 179 Å². The van der Waals surface area contributed by atoms with Crippen LogP contribution in [0.4, 0.5) is 51.2 Å². The average molecular weight is 977 g/mol. The summed E-state index contributed by atoms with van der Waals surface area (Å²) in [7, 11) is 0. The molecular formula is C72H56N4. The van der Waals surface area contributed by atoms with E-state index in [0.717, 1.165) is 67.4 Å². The minimum atomic E-state index is -0.136. The summed E-state index contributed by atoms with van der Waals surface area (Å²) in [6, 6.07) is 98.2. The molecule has 0 saturated carbocycles. The maximum absolute atomic E-state index is 2.45. The van der Waals surface area contributed by atoms with Crippen molar-refractivity contribution in [2.24, 2.45) is 0 Å². The minimum absolute atomic E-state index is 0.136. The van der Waals surface area contributed by atoms with Gasteiger partial charge in [0.05, 0.1) is 33.8 Å². The second kappa shape index (κ2) is 17.6. The summed E-state index contributed by atoms with van der Waals surface area (Å²) in [6.07, 6.45) is 0. The standard InChI is InChI=1S/C72H56N4/c1-71(2)61-32-11-15-36-67(61)75(68-37-16-12-33-62(68)71)55-28-19-22-49(44-55)51-40-42-65-59(46-51)60-47-52(50-23-20-29-56(45-50)76-69-38-17-13-34-63(69)72(3,4)64-35-14-18-39-70(64)76)41-43-66(60)74(65)58-31-21-30-57(48-58)73(53-24-7-5-8-25-53)54-26-9-6-10-27-54/h5-48H,1-4H3. The normalized spacial score (nSPS) is 13.9. The van der Waals surface area contributed by atoms with E-state index in [1.165, 1.54) is 55.8 Å². The van der Waals surface area contributed by atoms with Gasteiger partial charge in [-0.05, 0) is 160 Å². The highest BCUT2D eigenvalue weighted by atomic mass is 15.2. The van der Waals surface area contributed by atoms with E-state index in [1.54, 1.807) is 0 Å². The molecule has 4 heteroatoms. The number of hydrogen-bond donors (Lipinski definition) is 0. The number of fused-ring (bicyclic) bond motifs is 7. The van der Waals surface area contributed by atoms with E-state index in [4.69, 9.17) is 0 Å². The molecule has 0 bridgehead atoms. The fourth-order valence-electron chi connectivity index (χ4n) is 12.6. The van der Waals surface area contributed by atoms with E-state index in [-0.39, 0.29) is 10.8 Å². The van der Waals surface area contributed by atoms with Crippen molar-refractivity contribution in [2.45, 2.75) is 38.5 Å². The van der Waals surface area contributed by atoms with E-state index in [1.807, 2.05) is 0 Å². The van der Waals surface area contributed by atoms with Crippen LogP contribution >= 0.6 is 0 Å². The molecule has 0 radical (unpaired) electrons. The maximum Gasteiger partial charge on any atom is 0.0541 e. The highest BCUT2D eigenvalue weighted by molar-refractivity contribution is 6.12. The molecule has 2 aliphatic heterocycles. The maximum atomic E-state index is 2.45. The topological polar surface area (TPSA) is 14.7 Å². The Morgan fingerprint density at radius 2 is 0.618 bits per heavy atom. The van der Waals surface area contributed by atoms with Gasteiger partial charge in [-0.15, -0.1) is 0 Å². The summed E-state index contributed by atoms with van der Waals surface area (Å²) in [5.41, 5.74) is 23.5. The van der Waals surface area contributed by atoms with Crippen molar-refractivity contribution < 1.29 is 0 Å². The molecular weight excluding hydrogens is 921 g/mol. The highest BCUT2D eigenvalue weighted by Gasteiger charge is 2.38. The van der Waals surface area contributed by atoms with Crippen molar-refractivity contribution in [3.8, 4) is 27.9 Å². The number of benzene rings is 11. The number of aromatic nitrogens is 1. The fraction of sp³-hybridized carbons (Fsp3) is 0.0833. The van der Waals surface area contributed by atoms with Gasteiger partial charge in [0.25, 0.3) is 0 Å². The van der Waals surface area contributed by atoms with Gasteiger partial charge in [-0.2, -0.15) is 0 Å². The third-order valence-corrected chi connectivity index (χ3v) is 16.3. The average Bonchev–Trinajstić information content (AvgIpc) is 3.87. The molecule has 76 heavy (non-hydrogen) atoms. The largest absolute Gasteiger partial charge is 0.310 e. The molecule has 0 N–H and O–H groups in total. The summed E-state index contributed by atoms with van der Waals surface area (Å²) in [5.74, 6) is 0. The summed E-state index contributed by atoms with van der Waals surface area (Å²) in [5, 5.41) is 2.39. The van der Waals surface area contributed by atoms with Gasteiger partial charge < -0.3 is 19.3 Å². The van der Waals surface area contributed by atoms with Crippen LogP contribution in [0.2, 0.25) is 0 Å². The zero-order valence-corrected chi connectivity index (χ0v) is 43.2. The minimum Gasteiger partial charge on any atom is -0.310 e. The van der Waals surface area contributed by atoms with Crippen molar-refractivity contribution >= 4 is 73.0 Å². The third kappa shape index (κ3) is 7.20. The Morgan fingerprint density at radius 1 is 0.276 bits per heavy atom. The molecule has 2 aliphatic rings. The van der Waals surface area contributed by atoms with Crippen LogP contribution < -0.4 is 14.7 Å². The summed E-state index contributed by atoms with van der Waals surface area (Å²) >= 11 is 0. The van der Waals surface area contributed by atoms with Crippen molar-refractivity contribution in [3.05, 3.63) is 289 Å². The van der Waals surface area contributed by atoms with Crippen molar-refractivity contribution in [3.63, 3.8) is 0 Å². The SMILES string of the molecule is CC1(C)c2ccccc2N(c2cccc(-c3ccc4c(c3)c3cc(-c5cccc(N6c7ccccc7C(C)(C)c7ccccc76)c5)ccc3n4-c3cccc(N(c4ccccc4)c4ccccc4)c3)c2)c2ccccc21. The van der Waals surface area contributed by atoms with Crippen LogP contribution in [0.25, 0.3) is 49.7 Å². The first kappa shape index (κ1) is 45.3. The summed E-state index contributed by atoms with van der Waals surface area (Å²) < 4.78 is 2.45. The number of rotatable bonds is 8.